The van der Waals surface area contributed by atoms with Crippen LogP contribution in [0.4, 0.5) is 0 Å². The van der Waals surface area contributed by atoms with E-state index in [1.165, 1.54) is 0 Å². The molecule has 0 aromatic carbocycles. The SMILES string of the molecule is C=CCN(CC=C)C(=O)CN1CCC(C)C(N)C1. The number of carbonyl (C=O) groups excluding carboxylic acids is 1. The molecule has 0 aromatic rings. The van der Waals surface area contributed by atoms with Crippen LogP contribution >= 0.6 is 0 Å². The van der Waals surface area contributed by atoms with E-state index in [2.05, 4.69) is 25.0 Å². The van der Waals surface area contributed by atoms with Crippen molar-refractivity contribution in [3.05, 3.63) is 25.3 Å². The molecule has 0 spiro atoms. The van der Waals surface area contributed by atoms with Gasteiger partial charge in [0.05, 0.1) is 6.54 Å². The van der Waals surface area contributed by atoms with Gasteiger partial charge in [0.2, 0.25) is 5.91 Å². The van der Waals surface area contributed by atoms with Gasteiger partial charge in [-0.3, -0.25) is 9.69 Å². The van der Waals surface area contributed by atoms with Crippen molar-refractivity contribution in [2.45, 2.75) is 19.4 Å². The second-order valence-corrected chi connectivity index (χ2v) is 5.04. The molecule has 4 heteroatoms. The van der Waals surface area contributed by atoms with E-state index in [9.17, 15) is 4.79 Å². The molecule has 1 aliphatic heterocycles. The fourth-order valence-corrected chi connectivity index (χ4v) is 2.19. The Morgan fingerprint density at radius 1 is 1.44 bits per heavy atom. The molecule has 0 aromatic heterocycles. The monoisotopic (exact) mass is 251 g/mol. The summed E-state index contributed by atoms with van der Waals surface area (Å²) in [5.74, 6) is 0.672. The summed E-state index contributed by atoms with van der Waals surface area (Å²) in [6.07, 6.45) is 4.55. The number of nitrogens with zero attached hydrogens (tertiary/aromatic N) is 2. The van der Waals surface area contributed by atoms with Gasteiger partial charge in [-0.1, -0.05) is 19.1 Å². The highest BCUT2D eigenvalue weighted by atomic mass is 16.2. The molecule has 1 saturated heterocycles. The maximum absolute atomic E-state index is 12.1. The second-order valence-electron chi connectivity index (χ2n) is 5.04. The molecular weight excluding hydrogens is 226 g/mol. The first-order valence-electron chi connectivity index (χ1n) is 6.56. The normalized spacial score (nSPS) is 24.6. The molecule has 4 nitrogen and oxygen atoms in total. The van der Waals surface area contributed by atoms with Crippen LogP contribution < -0.4 is 5.73 Å². The van der Waals surface area contributed by atoms with Gasteiger partial charge in [-0.05, 0) is 18.9 Å². The smallest absolute Gasteiger partial charge is 0.237 e. The van der Waals surface area contributed by atoms with Crippen molar-refractivity contribution < 1.29 is 4.79 Å². The quantitative estimate of drug-likeness (QED) is 0.712. The average Bonchev–Trinajstić information content (AvgIpc) is 2.33. The fraction of sp³-hybridized carbons (Fsp3) is 0.643. The lowest BCUT2D eigenvalue weighted by Crippen LogP contribution is -2.50. The summed E-state index contributed by atoms with van der Waals surface area (Å²) >= 11 is 0. The fourth-order valence-electron chi connectivity index (χ4n) is 2.19. The van der Waals surface area contributed by atoms with E-state index >= 15 is 0 Å². The van der Waals surface area contributed by atoms with Crippen LogP contribution in [0, 0.1) is 5.92 Å². The van der Waals surface area contributed by atoms with Crippen LogP contribution in [0.5, 0.6) is 0 Å². The zero-order chi connectivity index (χ0) is 13.5. The number of rotatable bonds is 6. The van der Waals surface area contributed by atoms with Gasteiger partial charge in [-0.25, -0.2) is 0 Å². The highest BCUT2D eigenvalue weighted by Crippen LogP contribution is 2.15. The van der Waals surface area contributed by atoms with Crippen LogP contribution in [-0.4, -0.2) is 54.5 Å². The van der Waals surface area contributed by atoms with Gasteiger partial charge in [-0.15, -0.1) is 13.2 Å². The van der Waals surface area contributed by atoms with Crippen LogP contribution in [0.1, 0.15) is 13.3 Å². The number of hydrogen-bond donors (Lipinski definition) is 1. The third-order valence-corrected chi connectivity index (χ3v) is 3.51. The molecular formula is C14H25N3O. The predicted molar refractivity (Wildman–Crippen MR) is 75.2 cm³/mol. The highest BCUT2D eigenvalue weighted by molar-refractivity contribution is 5.78. The van der Waals surface area contributed by atoms with Gasteiger partial charge in [0.15, 0.2) is 0 Å². The number of likely N-dealkylation sites (tertiary alicyclic amines) is 1. The number of piperidine rings is 1. The van der Waals surface area contributed by atoms with Crippen LogP contribution in [0.25, 0.3) is 0 Å². The first-order chi connectivity index (χ1) is 8.58. The van der Waals surface area contributed by atoms with E-state index in [4.69, 9.17) is 5.73 Å². The van der Waals surface area contributed by atoms with Crippen molar-refractivity contribution >= 4 is 5.91 Å². The Bertz CT molecular complexity index is 293. The van der Waals surface area contributed by atoms with E-state index in [0.717, 1.165) is 19.5 Å². The molecule has 2 N–H and O–H groups in total. The van der Waals surface area contributed by atoms with Gasteiger partial charge >= 0.3 is 0 Å². The molecule has 2 unspecified atom stereocenters. The molecule has 1 fully saturated rings. The first kappa shape index (κ1) is 14.9. The molecule has 1 heterocycles. The molecule has 0 radical (unpaired) electrons. The van der Waals surface area contributed by atoms with Crippen LogP contribution in [0.3, 0.4) is 0 Å². The summed E-state index contributed by atoms with van der Waals surface area (Å²) in [6.45, 7) is 12.9. The Hall–Kier alpha value is -1.13. The van der Waals surface area contributed by atoms with E-state index in [0.29, 0.717) is 25.6 Å². The number of amides is 1. The average molecular weight is 251 g/mol. The zero-order valence-corrected chi connectivity index (χ0v) is 11.3. The maximum atomic E-state index is 12.1. The van der Waals surface area contributed by atoms with Crippen LogP contribution in [-0.2, 0) is 4.79 Å². The number of nitrogens with two attached hydrogens (primary N) is 1. The van der Waals surface area contributed by atoms with Crippen molar-refractivity contribution in [3.8, 4) is 0 Å². The lowest BCUT2D eigenvalue weighted by atomic mass is 9.94. The summed E-state index contributed by atoms with van der Waals surface area (Å²) in [6, 6.07) is 0.179. The molecule has 1 rings (SSSR count). The molecule has 1 aliphatic rings. The molecule has 1 amide bonds. The summed E-state index contributed by atoms with van der Waals surface area (Å²) < 4.78 is 0. The molecule has 0 aliphatic carbocycles. The highest BCUT2D eigenvalue weighted by Gasteiger charge is 2.25. The predicted octanol–water partition coefficient (Wildman–Crippen LogP) is 0.856. The van der Waals surface area contributed by atoms with Gasteiger partial charge in [0.25, 0.3) is 0 Å². The van der Waals surface area contributed by atoms with Crippen LogP contribution in [0.15, 0.2) is 25.3 Å². The maximum Gasteiger partial charge on any atom is 0.237 e. The summed E-state index contributed by atoms with van der Waals surface area (Å²) in [7, 11) is 0. The minimum atomic E-state index is 0.122. The topological polar surface area (TPSA) is 49.6 Å². The zero-order valence-electron chi connectivity index (χ0n) is 11.3. The van der Waals surface area contributed by atoms with Crippen molar-refractivity contribution in [1.29, 1.82) is 0 Å². The Labute approximate surface area is 110 Å². The summed E-state index contributed by atoms with van der Waals surface area (Å²) in [4.78, 5) is 16.0. The molecule has 102 valence electrons. The van der Waals surface area contributed by atoms with Gasteiger partial charge in [0.1, 0.15) is 0 Å². The number of hydrogen-bond acceptors (Lipinski definition) is 3. The lowest BCUT2D eigenvalue weighted by molar-refractivity contribution is -0.131. The van der Waals surface area contributed by atoms with Crippen molar-refractivity contribution in [1.82, 2.24) is 9.80 Å². The molecule has 0 saturated carbocycles. The molecule has 18 heavy (non-hydrogen) atoms. The van der Waals surface area contributed by atoms with E-state index in [1.54, 1.807) is 17.1 Å². The molecule has 0 bridgehead atoms. The largest absolute Gasteiger partial charge is 0.334 e. The third-order valence-electron chi connectivity index (χ3n) is 3.51. The Morgan fingerprint density at radius 2 is 2.06 bits per heavy atom. The lowest BCUT2D eigenvalue weighted by Gasteiger charge is -2.35. The van der Waals surface area contributed by atoms with Crippen molar-refractivity contribution in [3.63, 3.8) is 0 Å². The third kappa shape index (κ3) is 4.27. The standard InChI is InChI=1S/C14H25N3O/c1-4-7-17(8-5-2)14(18)11-16-9-6-12(3)13(15)10-16/h4-5,12-13H,1-2,6-11,15H2,3H3. The minimum absolute atomic E-state index is 0.122. The molecule has 2 atom stereocenters. The van der Waals surface area contributed by atoms with E-state index < -0.39 is 0 Å². The van der Waals surface area contributed by atoms with Crippen LogP contribution in [0.2, 0.25) is 0 Å². The summed E-state index contributed by atoms with van der Waals surface area (Å²) in [5, 5.41) is 0. The van der Waals surface area contributed by atoms with E-state index in [1.807, 2.05) is 0 Å². The van der Waals surface area contributed by atoms with Gasteiger partial charge in [0, 0.05) is 25.7 Å². The van der Waals surface area contributed by atoms with Crippen molar-refractivity contribution in [2.75, 3.05) is 32.7 Å². The van der Waals surface area contributed by atoms with E-state index in [-0.39, 0.29) is 11.9 Å². The Morgan fingerprint density at radius 3 is 2.56 bits per heavy atom. The van der Waals surface area contributed by atoms with Crippen molar-refractivity contribution in [2.24, 2.45) is 11.7 Å². The van der Waals surface area contributed by atoms with Gasteiger partial charge in [-0.2, -0.15) is 0 Å². The Balaban J connectivity index is 2.47. The second kappa shape index (κ2) is 7.34. The minimum Gasteiger partial charge on any atom is -0.334 e. The summed E-state index contributed by atoms with van der Waals surface area (Å²) in [5.41, 5.74) is 6.04. The first-order valence-corrected chi connectivity index (χ1v) is 6.56. The number of carbonyl (C=O) groups is 1. The Kier molecular flexibility index (Phi) is 6.09. The van der Waals surface area contributed by atoms with Gasteiger partial charge < -0.3 is 10.6 Å².